The topological polar surface area (TPSA) is 97.9 Å². The summed E-state index contributed by atoms with van der Waals surface area (Å²) in [5.41, 5.74) is -1.61. The van der Waals surface area contributed by atoms with Gasteiger partial charge in [0.1, 0.15) is 17.4 Å². The Morgan fingerprint density at radius 3 is 2.54 bits per heavy atom. The van der Waals surface area contributed by atoms with Crippen molar-refractivity contribution < 1.29 is 37.1 Å². The number of hydrogen-bond donors (Lipinski definition) is 1. The largest absolute Gasteiger partial charge is 0.493 e. The van der Waals surface area contributed by atoms with Gasteiger partial charge < -0.3 is 19.1 Å². The van der Waals surface area contributed by atoms with Crippen LogP contribution >= 0.6 is 0 Å². The molecule has 1 aliphatic rings. The number of unbranched alkanes of at least 4 members (excludes halogenated alkanes) is 5. The number of hydrogen-bond acceptors (Lipinski definition) is 7. The Morgan fingerprint density at radius 1 is 1.16 bits per heavy atom. The molecule has 1 aromatic heterocycles. The number of aromatic nitrogens is 2. The van der Waals surface area contributed by atoms with Crippen molar-refractivity contribution in [2.75, 3.05) is 13.2 Å². The normalized spacial score (nSPS) is 18.3. The number of carbonyl (C=O) groups is 1. The van der Waals surface area contributed by atoms with Crippen LogP contribution in [0.4, 0.5) is 18.0 Å². The smallest absolute Gasteiger partial charge is 0.419 e. The molecule has 1 fully saturated rings. The zero-order valence-corrected chi connectivity index (χ0v) is 21.8. The Kier molecular flexibility index (Phi) is 9.44. The number of aliphatic hydroxyl groups excluding tert-OH is 1. The fourth-order valence-corrected chi connectivity index (χ4v) is 4.15. The highest BCUT2D eigenvalue weighted by Crippen LogP contribution is 2.39. The van der Waals surface area contributed by atoms with E-state index in [9.17, 15) is 23.1 Å². The second kappa shape index (κ2) is 12.1. The summed E-state index contributed by atoms with van der Waals surface area (Å²) in [6, 6.07) is 2.64. The number of likely N-dealkylation sites (tertiary alicyclic amines) is 1. The third-order valence-corrected chi connectivity index (χ3v) is 5.99. The molecule has 0 saturated carbocycles. The molecule has 8 nitrogen and oxygen atoms in total. The molecule has 0 radical (unpaired) electrons. The minimum atomic E-state index is -4.64. The molecular formula is C26H36F3N3O5. The van der Waals surface area contributed by atoms with Gasteiger partial charge in [-0.2, -0.15) is 18.2 Å². The third-order valence-electron chi connectivity index (χ3n) is 5.99. The number of nitrogens with zero attached hydrogens (tertiary/aromatic N) is 3. The van der Waals surface area contributed by atoms with E-state index in [0.29, 0.717) is 6.42 Å². The number of carbonyl (C=O) groups excluding carboxylic acids is 1. The number of alkyl halides is 3. The summed E-state index contributed by atoms with van der Waals surface area (Å²) in [6.45, 7) is 7.68. The first-order valence-electron chi connectivity index (χ1n) is 12.8. The van der Waals surface area contributed by atoms with Gasteiger partial charge in [-0.25, -0.2) is 4.79 Å². The summed E-state index contributed by atoms with van der Waals surface area (Å²) in [4.78, 5) is 18.1. The standard InChI is InChI=1S/C26H36F3N3O5/c1-5-6-7-8-9-10-15-35-20-12-11-17(16-18(20)26(27,28)29)22-30-23(37-31-22)21-19(33)13-14-32(21)24(34)36-25(2,3)4/h11-12,16,19,21,33H,5-10,13-15H2,1-4H3/t19-,21-/m0/s1. The molecule has 3 rings (SSSR count). The molecule has 1 aliphatic heterocycles. The molecule has 206 valence electrons. The van der Waals surface area contributed by atoms with Crippen LogP contribution in [0.3, 0.4) is 0 Å². The monoisotopic (exact) mass is 527 g/mol. The molecule has 1 N–H and O–H groups in total. The molecular weight excluding hydrogens is 491 g/mol. The lowest BCUT2D eigenvalue weighted by Crippen LogP contribution is -2.38. The number of benzene rings is 1. The fraction of sp³-hybridized carbons (Fsp3) is 0.654. The molecule has 0 unspecified atom stereocenters. The second-order valence-corrected chi connectivity index (χ2v) is 10.3. The van der Waals surface area contributed by atoms with Crippen LogP contribution in [-0.4, -0.2) is 51.1 Å². The highest BCUT2D eigenvalue weighted by atomic mass is 19.4. The van der Waals surface area contributed by atoms with Crippen molar-refractivity contribution in [3.8, 4) is 17.1 Å². The van der Waals surface area contributed by atoms with Crippen LogP contribution < -0.4 is 4.74 Å². The van der Waals surface area contributed by atoms with E-state index >= 15 is 0 Å². The maximum atomic E-state index is 13.8. The molecule has 2 aromatic rings. The van der Waals surface area contributed by atoms with Gasteiger partial charge in [-0.1, -0.05) is 44.2 Å². The van der Waals surface area contributed by atoms with E-state index in [4.69, 9.17) is 14.0 Å². The maximum absolute atomic E-state index is 13.8. The van der Waals surface area contributed by atoms with E-state index in [1.807, 2.05) is 0 Å². The highest BCUT2D eigenvalue weighted by Gasteiger charge is 2.43. The van der Waals surface area contributed by atoms with Crippen LogP contribution in [0.15, 0.2) is 22.7 Å². The Hall–Kier alpha value is -2.82. The van der Waals surface area contributed by atoms with Gasteiger partial charge in [-0.3, -0.25) is 4.90 Å². The SMILES string of the molecule is CCCCCCCCOc1ccc(-c2noc([C@@H]3[C@@H](O)CCN3C(=O)OC(C)(C)C)n2)cc1C(F)(F)F. The Bertz CT molecular complexity index is 1040. The van der Waals surface area contributed by atoms with E-state index in [1.165, 1.54) is 17.0 Å². The number of rotatable bonds is 10. The zero-order valence-electron chi connectivity index (χ0n) is 21.8. The van der Waals surface area contributed by atoms with Gasteiger partial charge in [0.05, 0.1) is 18.3 Å². The Morgan fingerprint density at radius 2 is 1.86 bits per heavy atom. The van der Waals surface area contributed by atoms with E-state index < -0.39 is 35.6 Å². The summed E-state index contributed by atoms with van der Waals surface area (Å²) in [5, 5.41) is 14.3. The molecule has 0 aliphatic carbocycles. The Labute approximate surface area is 215 Å². The van der Waals surface area contributed by atoms with Crippen molar-refractivity contribution in [2.24, 2.45) is 0 Å². The molecule has 0 bridgehead atoms. The predicted molar refractivity (Wildman–Crippen MR) is 130 cm³/mol. The summed E-state index contributed by atoms with van der Waals surface area (Å²) in [7, 11) is 0. The van der Waals surface area contributed by atoms with Gasteiger partial charge in [0.2, 0.25) is 5.82 Å². The summed E-state index contributed by atoms with van der Waals surface area (Å²) >= 11 is 0. The van der Waals surface area contributed by atoms with Crippen molar-refractivity contribution in [3.63, 3.8) is 0 Å². The predicted octanol–water partition coefficient (Wildman–Crippen LogP) is 6.54. The van der Waals surface area contributed by atoms with Gasteiger partial charge in [0.25, 0.3) is 5.89 Å². The van der Waals surface area contributed by atoms with Crippen molar-refractivity contribution in [2.45, 2.75) is 96.6 Å². The highest BCUT2D eigenvalue weighted by molar-refractivity contribution is 5.69. The van der Waals surface area contributed by atoms with E-state index in [2.05, 4.69) is 17.1 Å². The third kappa shape index (κ3) is 7.83. The lowest BCUT2D eigenvalue weighted by molar-refractivity contribution is -0.138. The molecule has 11 heteroatoms. The molecule has 37 heavy (non-hydrogen) atoms. The molecule has 1 amide bonds. The van der Waals surface area contributed by atoms with E-state index in [0.717, 1.165) is 38.2 Å². The Balaban J connectivity index is 1.75. The van der Waals surface area contributed by atoms with Gasteiger partial charge in [0.15, 0.2) is 0 Å². The van der Waals surface area contributed by atoms with Crippen LogP contribution in [0.2, 0.25) is 0 Å². The maximum Gasteiger partial charge on any atom is 0.419 e. The average Bonchev–Trinajstić information content (AvgIpc) is 3.43. The van der Waals surface area contributed by atoms with Gasteiger partial charge in [0, 0.05) is 12.1 Å². The van der Waals surface area contributed by atoms with Gasteiger partial charge >= 0.3 is 12.3 Å². The number of amides is 1. The number of halogens is 3. The quantitative estimate of drug-likeness (QED) is 0.351. The molecule has 2 atom stereocenters. The first kappa shape index (κ1) is 28.7. The molecule has 2 heterocycles. The van der Waals surface area contributed by atoms with Crippen LogP contribution in [0.1, 0.15) is 90.1 Å². The first-order chi connectivity index (χ1) is 17.4. The molecule has 1 saturated heterocycles. The van der Waals surface area contributed by atoms with Crippen LogP contribution in [0.5, 0.6) is 5.75 Å². The summed E-state index contributed by atoms with van der Waals surface area (Å²) in [5.74, 6) is -0.426. The average molecular weight is 528 g/mol. The zero-order chi connectivity index (χ0) is 27.2. The van der Waals surface area contributed by atoms with Crippen LogP contribution in [0, 0.1) is 0 Å². The minimum Gasteiger partial charge on any atom is -0.493 e. The number of aliphatic hydroxyl groups is 1. The fourth-order valence-electron chi connectivity index (χ4n) is 4.15. The van der Waals surface area contributed by atoms with Crippen molar-refractivity contribution in [1.82, 2.24) is 15.0 Å². The van der Waals surface area contributed by atoms with Crippen molar-refractivity contribution in [1.29, 1.82) is 0 Å². The molecule has 0 spiro atoms. The molecule has 1 aromatic carbocycles. The summed E-state index contributed by atoms with van der Waals surface area (Å²) in [6.07, 6.45) is -0.0154. The van der Waals surface area contributed by atoms with Crippen LogP contribution in [-0.2, 0) is 10.9 Å². The van der Waals surface area contributed by atoms with Crippen LogP contribution in [0.25, 0.3) is 11.4 Å². The van der Waals surface area contributed by atoms with Gasteiger partial charge in [-0.15, -0.1) is 0 Å². The van der Waals surface area contributed by atoms with E-state index in [-0.39, 0.29) is 42.6 Å². The lowest BCUT2D eigenvalue weighted by Gasteiger charge is -2.27. The van der Waals surface area contributed by atoms with Crippen molar-refractivity contribution in [3.05, 3.63) is 29.7 Å². The summed E-state index contributed by atoms with van der Waals surface area (Å²) < 4.78 is 57.5. The van der Waals surface area contributed by atoms with Gasteiger partial charge in [-0.05, 0) is 51.8 Å². The first-order valence-corrected chi connectivity index (χ1v) is 12.8. The van der Waals surface area contributed by atoms with Crippen molar-refractivity contribution >= 4 is 6.09 Å². The second-order valence-electron chi connectivity index (χ2n) is 10.3. The minimum absolute atomic E-state index is 0.0746. The van der Waals surface area contributed by atoms with E-state index in [1.54, 1.807) is 20.8 Å². The lowest BCUT2D eigenvalue weighted by atomic mass is 10.1. The number of ether oxygens (including phenoxy) is 2.